The molecule has 5 rings (SSSR count). The summed E-state index contributed by atoms with van der Waals surface area (Å²) >= 11 is 3.24. The molecule has 2 aliphatic rings. The van der Waals surface area contributed by atoms with E-state index >= 15 is 0 Å². The van der Waals surface area contributed by atoms with Gasteiger partial charge in [0.1, 0.15) is 6.20 Å². The van der Waals surface area contributed by atoms with Crippen LogP contribution in [-0.2, 0) is 6.54 Å². The van der Waals surface area contributed by atoms with E-state index in [0.717, 1.165) is 33.9 Å². The van der Waals surface area contributed by atoms with Gasteiger partial charge in [-0.1, -0.05) is 19.1 Å². The number of hydrogen-bond donors (Lipinski definition) is 0. The molecule has 3 aromatic rings. The molecule has 3 atom stereocenters. The highest BCUT2D eigenvalue weighted by Crippen LogP contribution is 2.47. The zero-order chi connectivity index (χ0) is 23.1. The predicted molar refractivity (Wildman–Crippen MR) is 129 cm³/mol. The van der Waals surface area contributed by atoms with Gasteiger partial charge < -0.3 is 0 Å². The molecule has 1 aliphatic heterocycles. The minimum Gasteiger partial charge on any atom is -0.265 e. The minimum absolute atomic E-state index is 0.0369. The summed E-state index contributed by atoms with van der Waals surface area (Å²) in [5, 5.41) is 26.2. The fraction of sp³-hybridized carbons (Fsp3) is 0.348. The number of amides is 1. The molecule has 0 unspecified atom stereocenters. The molecule has 1 aliphatic carbocycles. The molecule has 0 spiro atoms. The van der Waals surface area contributed by atoms with Crippen molar-refractivity contribution >= 4 is 46.1 Å². The van der Waals surface area contributed by atoms with Gasteiger partial charge in [0.2, 0.25) is 5.69 Å². The molecule has 33 heavy (non-hydrogen) atoms. The zero-order valence-corrected chi connectivity index (χ0v) is 19.9. The first-order chi connectivity index (χ1) is 16.0. The van der Waals surface area contributed by atoms with E-state index in [9.17, 15) is 14.9 Å². The van der Waals surface area contributed by atoms with Gasteiger partial charge >= 0.3 is 11.6 Å². The minimum atomic E-state index is -0.549. The summed E-state index contributed by atoms with van der Waals surface area (Å²) in [5.74, 6) is -0.0569. The van der Waals surface area contributed by atoms with Crippen LogP contribution in [0.25, 0.3) is 6.08 Å². The van der Waals surface area contributed by atoms with E-state index in [4.69, 9.17) is 5.10 Å². The van der Waals surface area contributed by atoms with Gasteiger partial charge in [0.15, 0.2) is 0 Å². The highest BCUT2D eigenvalue weighted by molar-refractivity contribution is 7.11. The van der Waals surface area contributed by atoms with Gasteiger partial charge in [0.05, 0.1) is 16.7 Å². The Hall–Kier alpha value is -3.11. The third kappa shape index (κ3) is 3.93. The Labute approximate surface area is 199 Å². The van der Waals surface area contributed by atoms with Crippen LogP contribution in [0.3, 0.4) is 0 Å². The van der Waals surface area contributed by atoms with Crippen LogP contribution in [0.4, 0.5) is 5.69 Å². The van der Waals surface area contributed by atoms with Crippen LogP contribution in [0.2, 0.25) is 0 Å². The number of thiophene rings is 2. The standard InChI is InChI=1S/C23H23N5O3S2/c1-3-26-13-18(28(30)31)21(24-26)23(29)27-22(19-7-5-9-33-19)17-11-14(2)10-15(20(17)25-27)12-16-6-4-8-32-16/h4-9,12-14,17,22H,3,10-11H2,1-2H3/b15-12+/t14-,17+,22-/m0/s1. The van der Waals surface area contributed by atoms with Gasteiger partial charge in [-0.15, -0.1) is 22.7 Å². The van der Waals surface area contributed by atoms with E-state index in [2.05, 4.69) is 24.2 Å². The van der Waals surface area contributed by atoms with E-state index in [1.54, 1.807) is 22.7 Å². The largest absolute Gasteiger partial charge is 0.320 e. The lowest BCUT2D eigenvalue weighted by Crippen LogP contribution is -2.33. The van der Waals surface area contributed by atoms with E-state index in [-0.39, 0.29) is 23.3 Å². The number of rotatable bonds is 5. The Bertz CT molecular complexity index is 1240. The van der Waals surface area contributed by atoms with Crippen LogP contribution in [0.5, 0.6) is 0 Å². The molecule has 0 aromatic carbocycles. The van der Waals surface area contributed by atoms with Crippen molar-refractivity contribution in [2.75, 3.05) is 0 Å². The van der Waals surface area contributed by atoms with Gasteiger partial charge in [-0.25, -0.2) is 5.01 Å². The zero-order valence-electron chi connectivity index (χ0n) is 18.2. The van der Waals surface area contributed by atoms with Crippen LogP contribution in [0, 0.1) is 22.0 Å². The second-order valence-corrected chi connectivity index (χ2v) is 10.4. The summed E-state index contributed by atoms with van der Waals surface area (Å²) in [5.41, 5.74) is 1.59. The Morgan fingerprint density at radius 2 is 2.09 bits per heavy atom. The van der Waals surface area contributed by atoms with Crippen LogP contribution in [0.1, 0.15) is 53.0 Å². The first-order valence-corrected chi connectivity index (χ1v) is 12.6. The number of aromatic nitrogens is 2. The molecule has 0 bridgehead atoms. The Kier molecular flexibility index (Phi) is 5.71. The molecule has 0 saturated heterocycles. The van der Waals surface area contributed by atoms with Gasteiger partial charge in [-0.3, -0.25) is 19.6 Å². The molecule has 170 valence electrons. The first kappa shape index (κ1) is 21.7. The summed E-state index contributed by atoms with van der Waals surface area (Å²) in [4.78, 5) is 26.9. The highest BCUT2D eigenvalue weighted by Gasteiger charge is 2.47. The molecule has 1 amide bonds. The smallest absolute Gasteiger partial charge is 0.265 e. The third-order valence-corrected chi connectivity index (χ3v) is 7.90. The molecule has 10 heteroatoms. The van der Waals surface area contributed by atoms with Crippen molar-refractivity contribution in [3.63, 3.8) is 0 Å². The highest BCUT2D eigenvalue weighted by atomic mass is 32.1. The fourth-order valence-electron chi connectivity index (χ4n) is 4.71. The molecule has 0 N–H and O–H groups in total. The lowest BCUT2D eigenvalue weighted by molar-refractivity contribution is -0.385. The second kappa shape index (κ2) is 8.68. The van der Waals surface area contributed by atoms with Gasteiger partial charge in [-0.05, 0) is 60.2 Å². The summed E-state index contributed by atoms with van der Waals surface area (Å²) in [6, 6.07) is 7.76. The molecule has 4 heterocycles. The number of fused-ring (bicyclic) bond motifs is 1. The van der Waals surface area contributed by atoms with Crippen LogP contribution in [0.15, 0.2) is 51.9 Å². The third-order valence-electron chi connectivity index (χ3n) is 6.13. The molecule has 3 aromatic heterocycles. The normalized spacial score (nSPS) is 23.6. The summed E-state index contributed by atoms with van der Waals surface area (Å²) in [6.07, 6.45) is 5.27. The van der Waals surface area contributed by atoms with Crippen molar-refractivity contribution in [1.29, 1.82) is 0 Å². The van der Waals surface area contributed by atoms with Crippen molar-refractivity contribution in [2.24, 2.45) is 16.9 Å². The number of allylic oxidation sites excluding steroid dienone is 1. The van der Waals surface area contributed by atoms with E-state index in [1.165, 1.54) is 15.9 Å². The Balaban J connectivity index is 1.61. The second-order valence-electron chi connectivity index (χ2n) is 8.41. The molecular weight excluding hydrogens is 458 g/mol. The molecule has 8 nitrogen and oxygen atoms in total. The number of aryl methyl sites for hydroxylation is 1. The predicted octanol–water partition coefficient (Wildman–Crippen LogP) is 5.62. The Morgan fingerprint density at radius 3 is 2.76 bits per heavy atom. The fourth-order valence-corrected chi connectivity index (χ4v) is 6.26. The average Bonchev–Trinajstić information content (AvgIpc) is 3.58. The number of carbonyl (C=O) groups excluding carboxylic acids is 1. The van der Waals surface area contributed by atoms with Crippen molar-refractivity contribution < 1.29 is 9.72 Å². The number of carbonyl (C=O) groups is 1. The molecule has 0 radical (unpaired) electrons. The Morgan fingerprint density at radius 1 is 1.30 bits per heavy atom. The number of hydrogen-bond acceptors (Lipinski definition) is 7. The number of nitro groups is 1. The van der Waals surface area contributed by atoms with Crippen molar-refractivity contribution in [3.8, 4) is 0 Å². The van der Waals surface area contributed by atoms with Crippen molar-refractivity contribution in [1.82, 2.24) is 14.8 Å². The van der Waals surface area contributed by atoms with Gasteiger partial charge in [0, 0.05) is 22.2 Å². The number of nitrogens with zero attached hydrogens (tertiary/aromatic N) is 5. The number of hydrazone groups is 1. The lowest BCUT2D eigenvalue weighted by Gasteiger charge is -2.31. The quantitative estimate of drug-likeness (QED) is 0.349. The maximum atomic E-state index is 13.7. The van der Waals surface area contributed by atoms with Crippen molar-refractivity contribution in [3.05, 3.63) is 72.4 Å². The average molecular weight is 482 g/mol. The van der Waals surface area contributed by atoms with Crippen LogP contribution < -0.4 is 0 Å². The van der Waals surface area contributed by atoms with Gasteiger partial charge in [0.25, 0.3) is 0 Å². The van der Waals surface area contributed by atoms with Crippen LogP contribution >= 0.6 is 22.7 Å². The van der Waals surface area contributed by atoms with Gasteiger partial charge in [-0.2, -0.15) is 10.2 Å². The SMILES string of the molecule is CCn1cc([N+](=O)[O-])c(C(=O)N2N=C3/C(=C/c4cccs4)C[C@H](C)C[C@H]3[C@H]2c2cccs2)n1. The topological polar surface area (TPSA) is 93.6 Å². The monoisotopic (exact) mass is 481 g/mol. The maximum absolute atomic E-state index is 13.7. The van der Waals surface area contributed by atoms with E-state index in [1.807, 2.05) is 35.9 Å². The lowest BCUT2D eigenvalue weighted by atomic mass is 9.74. The molecule has 1 fully saturated rings. The molecular formula is C23H23N5O3S2. The first-order valence-electron chi connectivity index (χ1n) is 10.9. The van der Waals surface area contributed by atoms with Crippen LogP contribution in [-0.4, -0.2) is 31.3 Å². The molecule has 1 saturated carbocycles. The van der Waals surface area contributed by atoms with Crippen molar-refractivity contribution in [2.45, 2.75) is 39.3 Å². The summed E-state index contributed by atoms with van der Waals surface area (Å²) in [6.45, 7) is 4.49. The maximum Gasteiger partial charge on any atom is 0.320 e. The summed E-state index contributed by atoms with van der Waals surface area (Å²) in [7, 11) is 0. The summed E-state index contributed by atoms with van der Waals surface area (Å²) < 4.78 is 1.42. The van der Waals surface area contributed by atoms with E-state index in [0.29, 0.717) is 12.5 Å². The van der Waals surface area contributed by atoms with E-state index < -0.39 is 10.8 Å².